The van der Waals surface area contributed by atoms with Crippen LogP contribution in [0.25, 0.3) is 21.9 Å². The number of aliphatic hydroxyl groups is 1. The predicted octanol–water partition coefficient (Wildman–Crippen LogP) is 4.06. The SMILES string of the molecule is OC(c1cc2ccccc2o1)c1cccc2ncccc12. The van der Waals surface area contributed by atoms with Crippen LogP contribution in [0.15, 0.2) is 71.3 Å². The maximum Gasteiger partial charge on any atom is 0.138 e. The second-order valence-electron chi connectivity index (χ2n) is 5.01. The molecule has 1 unspecified atom stereocenters. The van der Waals surface area contributed by atoms with Gasteiger partial charge in [-0.1, -0.05) is 36.4 Å². The van der Waals surface area contributed by atoms with Crippen molar-refractivity contribution in [3.05, 3.63) is 78.2 Å². The van der Waals surface area contributed by atoms with E-state index < -0.39 is 6.10 Å². The molecular weight excluding hydrogens is 262 g/mol. The van der Waals surface area contributed by atoms with Gasteiger partial charge in [0, 0.05) is 17.0 Å². The molecule has 21 heavy (non-hydrogen) atoms. The first kappa shape index (κ1) is 12.1. The van der Waals surface area contributed by atoms with Crippen molar-refractivity contribution >= 4 is 21.9 Å². The van der Waals surface area contributed by atoms with E-state index in [9.17, 15) is 5.11 Å². The smallest absolute Gasteiger partial charge is 0.138 e. The Bertz CT molecular complexity index is 888. The van der Waals surface area contributed by atoms with Gasteiger partial charge in [0.15, 0.2) is 0 Å². The molecule has 0 amide bonds. The average Bonchev–Trinajstić information content (AvgIpc) is 2.97. The van der Waals surface area contributed by atoms with Gasteiger partial charge in [0.05, 0.1) is 5.52 Å². The van der Waals surface area contributed by atoms with E-state index in [0.29, 0.717) is 5.76 Å². The number of hydrogen-bond acceptors (Lipinski definition) is 3. The van der Waals surface area contributed by atoms with E-state index in [1.54, 1.807) is 6.20 Å². The van der Waals surface area contributed by atoms with Crippen molar-refractivity contribution in [3.63, 3.8) is 0 Å². The Hall–Kier alpha value is -2.65. The summed E-state index contributed by atoms with van der Waals surface area (Å²) in [7, 11) is 0. The molecule has 2 aromatic heterocycles. The summed E-state index contributed by atoms with van der Waals surface area (Å²) in [6, 6.07) is 19.2. The van der Waals surface area contributed by atoms with Crippen molar-refractivity contribution < 1.29 is 9.52 Å². The third kappa shape index (κ3) is 1.99. The van der Waals surface area contributed by atoms with Crippen LogP contribution in [-0.2, 0) is 0 Å². The van der Waals surface area contributed by atoms with Crippen LogP contribution in [0.2, 0.25) is 0 Å². The average molecular weight is 275 g/mol. The number of benzene rings is 2. The van der Waals surface area contributed by atoms with Crippen molar-refractivity contribution in [2.45, 2.75) is 6.10 Å². The fourth-order valence-corrected chi connectivity index (χ4v) is 2.66. The Balaban J connectivity index is 1.87. The Kier molecular flexibility index (Phi) is 2.72. The van der Waals surface area contributed by atoms with Crippen LogP contribution in [0.4, 0.5) is 0 Å². The Morgan fingerprint density at radius 1 is 0.952 bits per heavy atom. The standard InChI is InChI=1S/C18H13NO2/c20-18(17-11-12-5-1-2-9-16(12)21-17)14-6-3-8-15-13(14)7-4-10-19-15/h1-11,18,20H. The fourth-order valence-electron chi connectivity index (χ4n) is 2.66. The highest BCUT2D eigenvalue weighted by molar-refractivity contribution is 5.83. The van der Waals surface area contributed by atoms with Gasteiger partial charge < -0.3 is 9.52 Å². The van der Waals surface area contributed by atoms with E-state index in [1.807, 2.05) is 60.7 Å². The quantitative estimate of drug-likeness (QED) is 0.600. The summed E-state index contributed by atoms with van der Waals surface area (Å²) in [6.07, 6.45) is 0.949. The summed E-state index contributed by atoms with van der Waals surface area (Å²) in [5, 5.41) is 12.6. The van der Waals surface area contributed by atoms with E-state index in [4.69, 9.17) is 4.42 Å². The van der Waals surface area contributed by atoms with Crippen LogP contribution in [0.1, 0.15) is 17.4 Å². The number of rotatable bonds is 2. The molecule has 0 aliphatic heterocycles. The van der Waals surface area contributed by atoms with Crippen molar-refractivity contribution in [3.8, 4) is 0 Å². The van der Waals surface area contributed by atoms with Crippen LogP contribution in [-0.4, -0.2) is 10.1 Å². The molecule has 102 valence electrons. The van der Waals surface area contributed by atoms with Gasteiger partial charge in [0.25, 0.3) is 0 Å². The number of aliphatic hydroxyl groups excluding tert-OH is 1. The molecule has 2 heterocycles. The zero-order valence-corrected chi connectivity index (χ0v) is 11.2. The largest absolute Gasteiger partial charge is 0.458 e. The molecule has 1 atom stereocenters. The minimum absolute atomic E-state index is 0.549. The van der Waals surface area contributed by atoms with Crippen LogP contribution in [0, 0.1) is 0 Å². The highest BCUT2D eigenvalue weighted by atomic mass is 16.4. The summed E-state index contributed by atoms with van der Waals surface area (Å²) in [5.74, 6) is 0.549. The van der Waals surface area contributed by atoms with E-state index in [0.717, 1.165) is 27.4 Å². The van der Waals surface area contributed by atoms with Crippen molar-refractivity contribution in [2.24, 2.45) is 0 Å². The second kappa shape index (κ2) is 4.72. The number of aromatic nitrogens is 1. The molecule has 3 heteroatoms. The van der Waals surface area contributed by atoms with Gasteiger partial charge in [0.2, 0.25) is 0 Å². The molecule has 0 saturated heterocycles. The summed E-state index contributed by atoms with van der Waals surface area (Å²) < 4.78 is 5.76. The van der Waals surface area contributed by atoms with Gasteiger partial charge in [-0.05, 0) is 29.8 Å². The van der Waals surface area contributed by atoms with Gasteiger partial charge in [-0.25, -0.2) is 0 Å². The highest BCUT2D eigenvalue weighted by Gasteiger charge is 2.17. The molecule has 0 aliphatic rings. The van der Waals surface area contributed by atoms with E-state index >= 15 is 0 Å². The molecule has 3 nitrogen and oxygen atoms in total. The lowest BCUT2D eigenvalue weighted by Gasteiger charge is -2.10. The molecule has 0 spiro atoms. The van der Waals surface area contributed by atoms with Crippen LogP contribution >= 0.6 is 0 Å². The lowest BCUT2D eigenvalue weighted by molar-refractivity contribution is 0.194. The first-order chi connectivity index (χ1) is 10.3. The van der Waals surface area contributed by atoms with Gasteiger partial charge in [-0.15, -0.1) is 0 Å². The van der Waals surface area contributed by atoms with E-state index in [2.05, 4.69) is 4.98 Å². The van der Waals surface area contributed by atoms with E-state index in [-0.39, 0.29) is 0 Å². The first-order valence-corrected chi connectivity index (χ1v) is 6.83. The number of pyridine rings is 1. The van der Waals surface area contributed by atoms with Crippen molar-refractivity contribution in [1.29, 1.82) is 0 Å². The minimum Gasteiger partial charge on any atom is -0.458 e. The zero-order chi connectivity index (χ0) is 14.2. The Morgan fingerprint density at radius 2 is 1.86 bits per heavy atom. The van der Waals surface area contributed by atoms with Gasteiger partial charge in [-0.2, -0.15) is 0 Å². The summed E-state index contributed by atoms with van der Waals surface area (Å²) in [6.45, 7) is 0. The summed E-state index contributed by atoms with van der Waals surface area (Å²) >= 11 is 0. The van der Waals surface area contributed by atoms with Crippen LogP contribution in [0.5, 0.6) is 0 Å². The third-order valence-corrected chi connectivity index (χ3v) is 3.69. The molecule has 0 saturated carbocycles. The molecule has 0 bridgehead atoms. The lowest BCUT2D eigenvalue weighted by Crippen LogP contribution is -1.99. The number of furan rings is 1. The van der Waals surface area contributed by atoms with Crippen LogP contribution in [0.3, 0.4) is 0 Å². The van der Waals surface area contributed by atoms with Crippen molar-refractivity contribution in [1.82, 2.24) is 4.98 Å². The molecule has 0 fully saturated rings. The molecule has 2 aromatic carbocycles. The van der Waals surface area contributed by atoms with E-state index in [1.165, 1.54) is 0 Å². The number of para-hydroxylation sites is 1. The summed E-state index contributed by atoms with van der Waals surface area (Å²) in [5.41, 5.74) is 2.45. The predicted molar refractivity (Wildman–Crippen MR) is 82.0 cm³/mol. The molecule has 0 aliphatic carbocycles. The maximum absolute atomic E-state index is 10.7. The maximum atomic E-state index is 10.7. The van der Waals surface area contributed by atoms with Crippen LogP contribution < -0.4 is 0 Å². The topological polar surface area (TPSA) is 46.3 Å². The molecule has 1 N–H and O–H groups in total. The van der Waals surface area contributed by atoms with Gasteiger partial charge in [0.1, 0.15) is 17.4 Å². The van der Waals surface area contributed by atoms with Crippen molar-refractivity contribution in [2.75, 3.05) is 0 Å². The Morgan fingerprint density at radius 3 is 2.76 bits per heavy atom. The lowest BCUT2D eigenvalue weighted by atomic mass is 10.0. The molecule has 4 aromatic rings. The number of nitrogens with zero attached hydrogens (tertiary/aromatic N) is 1. The second-order valence-corrected chi connectivity index (χ2v) is 5.01. The summed E-state index contributed by atoms with van der Waals surface area (Å²) in [4.78, 5) is 4.32. The normalized spacial score (nSPS) is 12.8. The fraction of sp³-hybridized carbons (Fsp3) is 0.0556. The first-order valence-electron chi connectivity index (χ1n) is 6.83. The highest BCUT2D eigenvalue weighted by Crippen LogP contribution is 2.31. The number of hydrogen-bond donors (Lipinski definition) is 1. The number of fused-ring (bicyclic) bond motifs is 2. The van der Waals surface area contributed by atoms with Gasteiger partial charge in [-0.3, -0.25) is 4.98 Å². The molecule has 4 rings (SSSR count). The third-order valence-electron chi connectivity index (χ3n) is 3.69. The Labute approximate surface area is 121 Å². The van der Waals surface area contributed by atoms with Gasteiger partial charge >= 0.3 is 0 Å². The minimum atomic E-state index is -0.801. The zero-order valence-electron chi connectivity index (χ0n) is 11.2. The molecular formula is C18H13NO2. The molecule has 0 radical (unpaired) electrons. The monoisotopic (exact) mass is 275 g/mol.